The molecule has 2 amide bonds. The van der Waals surface area contributed by atoms with Gasteiger partial charge in [-0.25, -0.2) is 13.2 Å². The van der Waals surface area contributed by atoms with Crippen molar-refractivity contribution in [1.82, 2.24) is 24.4 Å². The molecule has 3 aromatic carbocycles. The molecular formula is C33H38N6O8S2. The lowest BCUT2D eigenvalue weighted by molar-refractivity contribution is -0.113. The number of hydrogen-bond acceptors (Lipinski definition) is 11. The molecule has 16 heteroatoms. The first-order valence-corrected chi connectivity index (χ1v) is 17.7. The summed E-state index contributed by atoms with van der Waals surface area (Å²) in [6, 6.07) is 17.2. The molecule has 0 spiro atoms. The Balaban J connectivity index is 1.53. The maximum Gasteiger partial charge on any atom is 0.338 e. The zero-order valence-corrected chi connectivity index (χ0v) is 29.4. The highest BCUT2D eigenvalue weighted by Crippen LogP contribution is 2.32. The minimum Gasteiger partial charge on any atom is -0.497 e. The zero-order valence-electron chi connectivity index (χ0n) is 27.8. The number of thioether (sulfide) groups is 1. The predicted molar refractivity (Wildman–Crippen MR) is 184 cm³/mol. The van der Waals surface area contributed by atoms with Gasteiger partial charge in [0.1, 0.15) is 11.5 Å². The number of aromatic nitrogens is 3. The predicted octanol–water partition coefficient (Wildman–Crippen LogP) is 4.15. The van der Waals surface area contributed by atoms with E-state index in [9.17, 15) is 22.8 Å². The van der Waals surface area contributed by atoms with Gasteiger partial charge in [-0.2, -0.15) is 4.31 Å². The molecule has 260 valence electrons. The van der Waals surface area contributed by atoms with Crippen LogP contribution < -0.4 is 20.1 Å². The average Bonchev–Trinajstić information content (AvgIpc) is 3.52. The topological polar surface area (TPSA) is 171 Å². The second kappa shape index (κ2) is 16.9. The Morgan fingerprint density at radius 3 is 2.16 bits per heavy atom. The number of benzene rings is 3. The van der Waals surface area contributed by atoms with Crippen LogP contribution in [0.5, 0.6) is 11.5 Å². The number of carbonyl (C=O) groups excluding carboxylic acids is 3. The van der Waals surface area contributed by atoms with E-state index < -0.39 is 21.9 Å². The van der Waals surface area contributed by atoms with E-state index in [0.717, 1.165) is 11.8 Å². The summed E-state index contributed by atoms with van der Waals surface area (Å²) in [5, 5.41) is 14.5. The van der Waals surface area contributed by atoms with E-state index in [1.165, 1.54) is 42.8 Å². The van der Waals surface area contributed by atoms with Crippen LogP contribution in [0.15, 0.2) is 76.8 Å². The second-order valence-electron chi connectivity index (χ2n) is 10.2. The fourth-order valence-corrected chi connectivity index (χ4v) is 6.93. The van der Waals surface area contributed by atoms with E-state index in [2.05, 4.69) is 20.8 Å². The third-order valence-corrected chi connectivity index (χ3v) is 10.2. The number of methoxy groups -OCH3 is 2. The molecule has 1 aromatic heterocycles. The van der Waals surface area contributed by atoms with E-state index >= 15 is 0 Å². The molecule has 0 bridgehead atoms. The van der Waals surface area contributed by atoms with Gasteiger partial charge < -0.3 is 24.8 Å². The van der Waals surface area contributed by atoms with E-state index in [-0.39, 0.29) is 35.3 Å². The van der Waals surface area contributed by atoms with Gasteiger partial charge in [-0.1, -0.05) is 25.6 Å². The minimum atomic E-state index is -3.67. The number of nitrogens with zero attached hydrogens (tertiary/aromatic N) is 4. The van der Waals surface area contributed by atoms with Gasteiger partial charge in [0, 0.05) is 30.4 Å². The van der Waals surface area contributed by atoms with E-state index in [0.29, 0.717) is 52.5 Å². The van der Waals surface area contributed by atoms with Crippen LogP contribution in [0.2, 0.25) is 0 Å². The lowest BCUT2D eigenvalue weighted by Crippen LogP contribution is -2.30. The summed E-state index contributed by atoms with van der Waals surface area (Å²) < 4.78 is 44.7. The third-order valence-electron chi connectivity index (χ3n) is 7.21. The molecule has 0 atom stereocenters. The quantitative estimate of drug-likeness (QED) is 0.126. The van der Waals surface area contributed by atoms with Crippen molar-refractivity contribution in [3.05, 3.63) is 83.7 Å². The number of nitrogens with one attached hydrogen (secondary N) is 2. The zero-order chi connectivity index (χ0) is 35.6. The van der Waals surface area contributed by atoms with Gasteiger partial charge in [0.25, 0.3) is 5.91 Å². The molecule has 14 nitrogen and oxygen atoms in total. The number of esters is 1. The van der Waals surface area contributed by atoms with Crippen molar-refractivity contribution < 1.29 is 37.0 Å². The molecule has 0 fully saturated rings. The number of sulfonamides is 1. The van der Waals surface area contributed by atoms with Crippen LogP contribution in [-0.2, 0) is 26.1 Å². The van der Waals surface area contributed by atoms with Crippen molar-refractivity contribution in [2.24, 2.45) is 0 Å². The molecule has 4 rings (SSSR count). The van der Waals surface area contributed by atoms with Crippen molar-refractivity contribution >= 4 is 45.3 Å². The normalized spacial score (nSPS) is 11.2. The van der Waals surface area contributed by atoms with Crippen molar-refractivity contribution in [3.8, 4) is 17.2 Å². The standard InChI is InChI=1S/C33H38N6O8S2/c1-6-38(7-2)49(43,44)26-16-11-22(12-17-26)31(41)34-20-29-36-37-33(39(29)27-19-25(45-4)15-18-28(27)46-5)48-21-30(40)35-24-13-9-23(10-14-24)32(42)47-8-3/h9-19H,6-8,20-21H2,1-5H3,(H,34,41)(H,35,40). The summed E-state index contributed by atoms with van der Waals surface area (Å²) in [4.78, 5) is 38.0. The largest absolute Gasteiger partial charge is 0.497 e. The van der Waals surface area contributed by atoms with Crippen LogP contribution in [-0.4, -0.2) is 84.9 Å². The highest BCUT2D eigenvalue weighted by Gasteiger charge is 2.23. The molecule has 0 saturated carbocycles. The number of rotatable bonds is 16. The molecule has 1 heterocycles. The van der Waals surface area contributed by atoms with Crippen LogP contribution in [0, 0.1) is 0 Å². The Morgan fingerprint density at radius 2 is 1.55 bits per heavy atom. The molecular weight excluding hydrogens is 673 g/mol. The summed E-state index contributed by atoms with van der Waals surface area (Å²) in [6.45, 7) is 6.10. The van der Waals surface area contributed by atoms with Gasteiger partial charge in [-0.3, -0.25) is 14.2 Å². The Labute approximate surface area is 289 Å². The molecule has 0 radical (unpaired) electrons. The van der Waals surface area contributed by atoms with Gasteiger partial charge >= 0.3 is 5.97 Å². The smallest absolute Gasteiger partial charge is 0.338 e. The monoisotopic (exact) mass is 710 g/mol. The molecule has 0 aliphatic carbocycles. The van der Waals surface area contributed by atoms with Gasteiger partial charge in [0.05, 0.1) is 49.3 Å². The van der Waals surface area contributed by atoms with Crippen LogP contribution in [0.4, 0.5) is 5.69 Å². The first-order valence-electron chi connectivity index (χ1n) is 15.3. The van der Waals surface area contributed by atoms with Gasteiger partial charge in [-0.05, 0) is 67.6 Å². The van der Waals surface area contributed by atoms with E-state index in [1.54, 1.807) is 67.8 Å². The van der Waals surface area contributed by atoms with Crippen molar-refractivity contribution in [3.63, 3.8) is 0 Å². The Bertz CT molecular complexity index is 1880. The fraction of sp³-hybridized carbons (Fsp3) is 0.303. The summed E-state index contributed by atoms with van der Waals surface area (Å²) in [6.07, 6.45) is 0. The average molecular weight is 711 g/mol. The van der Waals surface area contributed by atoms with Crippen LogP contribution >= 0.6 is 11.8 Å². The molecule has 0 saturated heterocycles. The Morgan fingerprint density at radius 1 is 0.878 bits per heavy atom. The van der Waals surface area contributed by atoms with Crippen molar-refractivity contribution in [1.29, 1.82) is 0 Å². The van der Waals surface area contributed by atoms with Gasteiger partial charge in [0.2, 0.25) is 15.9 Å². The highest BCUT2D eigenvalue weighted by molar-refractivity contribution is 7.99. The summed E-state index contributed by atoms with van der Waals surface area (Å²) in [7, 11) is -0.638. The third kappa shape index (κ3) is 8.95. The molecule has 49 heavy (non-hydrogen) atoms. The Hall–Kier alpha value is -4.93. The molecule has 2 N–H and O–H groups in total. The molecule has 0 aliphatic rings. The number of amides is 2. The summed E-state index contributed by atoms with van der Waals surface area (Å²) in [5.74, 6) is 0.0425. The maximum atomic E-state index is 13.1. The summed E-state index contributed by atoms with van der Waals surface area (Å²) in [5.41, 5.74) is 1.63. The summed E-state index contributed by atoms with van der Waals surface area (Å²) >= 11 is 1.11. The first-order chi connectivity index (χ1) is 23.6. The number of anilines is 1. The van der Waals surface area contributed by atoms with Crippen molar-refractivity contribution in [2.45, 2.75) is 37.4 Å². The molecule has 4 aromatic rings. The van der Waals surface area contributed by atoms with Crippen LogP contribution in [0.1, 0.15) is 47.3 Å². The Kier molecular flexibility index (Phi) is 12.8. The highest BCUT2D eigenvalue weighted by atomic mass is 32.2. The SMILES string of the molecule is CCOC(=O)c1ccc(NC(=O)CSc2nnc(CNC(=O)c3ccc(S(=O)(=O)N(CC)CC)cc3)n2-c2cc(OC)ccc2OC)cc1. The maximum absolute atomic E-state index is 13.1. The van der Waals surface area contributed by atoms with E-state index in [1.807, 2.05) is 0 Å². The second-order valence-corrected chi connectivity index (χ2v) is 13.1. The van der Waals surface area contributed by atoms with Gasteiger partial charge in [0.15, 0.2) is 11.0 Å². The first kappa shape index (κ1) is 36.9. The molecule has 0 unspecified atom stereocenters. The fourth-order valence-electron chi connectivity index (χ4n) is 4.71. The van der Waals surface area contributed by atoms with E-state index in [4.69, 9.17) is 14.2 Å². The van der Waals surface area contributed by atoms with Crippen molar-refractivity contribution in [2.75, 3.05) is 45.0 Å². The lowest BCUT2D eigenvalue weighted by atomic mass is 10.2. The number of carbonyl (C=O) groups is 3. The number of hydrogen-bond donors (Lipinski definition) is 2. The minimum absolute atomic E-state index is 0.0425. The van der Waals surface area contributed by atoms with Crippen LogP contribution in [0.25, 0.3) is 5.69 Å². The lowest BCUT2D eigenvalue weighted by Gasteiger charge is -2.18. The number of ether oxygens (including phenoxy) is 3. The molecule has 0 aliphatic heterocycles. The van der Waals surface area contributed by atoms with Gasteiger partial charge in [-0.15, -0.1) is 10.2 Å². The van der Waals surface area contributed by atoms with Crippen LogP contribution in [0.3, 0.4) is 0 Å².